The highest BCUT2D eigenvalue weighted by Crippen LogP contribution is 2.20. The van der Waals surface area contributed by atoms with Crippen molar-refractivity contribution in [2.75, 3.05) is 23.9 Å². The molecule has 0 aliphatic rings. The Labute approximate surface area is 110 Å². The number of hydrogen-bond acceptors (Lipinski definition) is 6. The quantitative estimate of drug-likeness (QED) is 0.612. The molecule has 1 unspecified atom stereocenters. The van der Waals surface area contributed by atoms with E-state index in [4.69, 9.17) is 0 Å². The molecular weight excluding hydrogens is 256 g/mol. The number of hydrogen-bond donors (Lipinski definition) is 1. The minimum Gasteiger partial charge on any atom is -0.465 e. The number of thioether (sulfide) groups is 1. The van der Waals surface area contributed by atoms with Crippen molar-refractivity contribution >= 4 is 34.2 Å². The van der Waals surface area contributed by atoms with Crippen molar-refractivity contribution in [3.63, 3.8) is 0 Å². The normalized spacial score (nSPS) is 12.2. The molecule has 0 aliphatic carbocycles. The maximum absolute atomic E-state index is 11.2. The van der Waals surface area contributed by atoms with Gasteiger partial charge in [-0.15, -0.1) is 0 Å². The average Bonchev–Trinajstić information content (AvgIpc) is 2.77. The van der Waals surface area contributed by atoms with Gasteiger partial charge < -0.3 is 10.1 Å². The fraction of sp³-hybridized carbons (Fsp3) is 0.636. The standard InChI is InChI=1S/C11H18N2O2S2/c1-4-16-6-5-8(2)13-11-12-7-9(17-11)10(14)15-3/h7-8H,4-6H2,1-3H3,(H,12,13). The molecule has 17 heavy (non-hydrogen) atoms. The number of nitrogens with one attached hydrogen (secondary N) is 1. The summed E-state index contributed by atoms with van der Waals surface area (Å²) >= 11 is 3.26. The Kier molecular flexibility index (Phi) is 6.36. The SMILES string of the molecule is CCSCCC(C)Nc1ncc(C(=O)OC)s1. The second-order valence-electron chi connectivity index (χ2n) is 3.55. The highest BCUT2D eigenvalue weighted by atomic mass is 32.2. The summed E-state index contributed by atoms with van der Waals surface area (Å²) in [6.07, 6.45) is 2.64. The maximum atomic E-state index is 11.2. The zero-order valence-electron chi connectivity index (χ0n) is 10.4. The zero-order valence-corrected chi connectivity index (χ0v) is 12.0. The number of nitrogens with zero attached hydrogens (tertiary/aromatic N) is 1. The van der Waals surface area contributed by atoms with Crippen LogP contribution in [0.2, 0.25) is 0 Å². The largest absolute Gasteiger partial charge is 0.465 e. The van der Waals surface area contributed by atoms with Gasteiger partial charge in [0.1, 0.15) is 4.88 Å². The van der Waals surface area contributed by atoms with Gasteiger partial charge >= 0.3 is 5.97 Å². The van der Waals surface area contributed by atoms with Gasteiger partial charge in [0.25, 0.3) is 0 Å². The molecule has 0 amide bonds. The number of thiazole rings is 1. The van der Waals surface area contributed by atoms with Crippen molar-refractivity contribution in [3.8, 4) is 0 Å². The van der Waals surface area contributed by atoms with Crippen LogP contribution in [-0.4, -0.2) is 35.6 Å². The van der Waals surface area contributed by atoms with Gasteiger partial charge in [0.2, 0.25) is 0 Å². The predicted octanol–water partition coefficient (Wildman–Crippen LogP) is 2.87. The lowest BCUT2D eigenvalue weighted by Crippen LogP contribution is -2.15. The lowest BCUT2D eigenvalue weighted by molar-refractivity contribution is 0.0606. The Balaban J connectivity index is 2.40. The van der Waals surface area contributed by atoms with Crippen LogP contribution in [0.3, 0.4) is 0 Å². The third kappa shape index (κ3) is 4.95. The van der Waals surface area contributed by atoms with E-state index in [2.05, 4.69) is 28.9 Å². The summed E-state index contributed by atoms with van der Waals surface area (Å²) in [5, 5.41) is 4.06. The highest BCUT2D eigenvalue weighted by Gasteiger charge is 2.11. The molecule has 1 aromatic heterocycles. The third-order valence-corrected chi connectivity index (χ3v) is 4.00. The van der Waals surface area contributed by atoms with Gasteiger partial charge in [0.15, 0.2) is 5.13 Å². The third-order valence-electron chi connectivity index (χ3n) is 2.16. The fourth-order valence-corrected chi connectivity index (χ4v) is 2.88. The van der Waals surface area contributed by atoms with Gasteiger partial charge in [-0.1, -0.05) is 18.3 Å². The molecule has 6 heteroatoms. The van der Waals surface area contributed by atoms with Crippen LogP contribution in [0.1, 0.15) is 29.9 Å². The molecule has 0 saturated carbocycles. The van der Waals surface area contributed by atoms with Crippen LogP contribution in [0.25, 0.3) is 0 Å². The number of aromatic nitrogens is 1. The molecule has 0 aliphatic heterocycles. The van der Waals surface area contributed by atoms with E-state index in [-0.39, 0.29) is 5.97 Å². The number of ether oxygens (including phenoxy) is 1. The van der Waals surface area contributed by atoms with Gasteiger partial charge in [-0.25, -0.2) is 9.78 Å². The summed E-state index contributed by atoms with van der Waals surface area (Å²) < 4.78 is 4.63. The fourth-order valence-electron chi connectivity index (χ4n) is 1.22. The molecule has 1 rings (SSSR count). The van der Waals surface area contributed by atoms with Gasteiger partial charge in [-0.05, 0) is 24.9 Å². The monoisotopic (exact) mass is 274 g/mol. The molecule has 1 aromatic rings. The van der Waals surface area contributed by atoms with E-state index < -0.39 is 0 Å². The van der Waals surface area contributed by atoms with E-state index in [1.165, 1.54) is 18.4 Å². The van der Waals surface area contributed by atoms with Crippen molar-refractivity contribution in [2.45, 2.75) is 26.3 Å². The highest BCUT2D eigenvalue weighted by molar-refractivity contribution is 7.99. The van der Waals surface area contributed by atoms with Crippen molar-refractivity contribution in [1.29, 1.82) is 0 Å². The van der Waals surface area contributed by atoms with Gasteiger partial charge in [0, 0.05) is 6.04 Å². The second-order valence-corrected chi connectivity index (χ2v) is 5.98. The van der Waals surface area contributed by atoms with Crippen molar-refractivity contribution in [2.24, 2.45) is 0 Å². The minimum atomic E-state index is -0.329. The molecule has 1 N–H and O–H groups in total. The first-order chi connectivity index (χ1) is 8.17. The van der Waals surface area contributed by atoms with E-state index >= 15 is 0 Å². The summed E-state index contributed by atoms with van der Waals surface area (Å²) in [5.41, 5.74) is 0. The predicted molar refractivity (Wildman–Crippen MR) is 74.2 cm³/mol. The first kappa shape index (κ1) is 14.3. The smallest absolute Gasteiger partial charge is 0.349 e. The second kappa shape index (κ2) is 7.55. The Morgan fingerprint density at radius 3 is 3.12 bits per heavy atom. The number of anilines is 1. The maximum Gasteiger partial charge on any atom is 0.349 e. The summed E-state index contributed by atoms with van der Waals surface area (Å²) in [4.78, 5) is 15.9. The minimum absolute atomic E-state index is 0.329. The van der Waals surface area contributed by atoms with Gasteiger partial charge in [-0.3, -0.25) is 0 Å². The van der Waals surface area contributed by atoms with Gasteiger partial charge in [0.05, 0.1) is 13.3 Å². The van der Waals surface area contributed by atoms with Crippen LogP contribution in [0.5, 0.6) is 0 Å². The van der Waals surface area contributed by atoms with E-state index in [0.717, 1.165) is 23.1 Å². The van der Waals surface area contributed by atoms with Crippen LogP contribution < -0.4 is 5.32 Å². The molecular formula is C11H18N2O2S2. The number of methoxy groups -OCH3 is 1. The van der Waals surface area contributed by atoms with Crippen LogP contribution >= 0.6 is 23.1 Å². The summed E-state index contributed by atoms with van der Waals surface area (Å²) in [6, 6.07) is 0.366. The molecule has 0 saturated heterocycles. The number of carbonyl (C=O) groups excluding carboxylic acids is 1. The van der Waals surface area contributed by atoms with E-state index in [0.29, 0.717) is 10.9 Å². The molecule has 4 nitrogen and oxygen atoms in total. The topological polar surface area (TPSA) is 51.2 Å². The molecule has 0 fully saturated rings. The Bertz CT molecular complexity index is 355. The van der Waals surface area contributed by atoms with Crippen molar-refractivity contribution in [1.82, 2.24) is 4.98 Å². The number of rotatable bonds is 7. The summed E-state index contributed by atoms with van der Waals surface area (Å²) in [5.74, 6) is 1.96. The molecule has 0 aromatic carbocycles. The Hall–Kier alpha value is -0.750. The van der Waals surface area contributed by atoms with Crippen molar-refractivity contribution < 1.29 is 9.53 Å². The zero-order chi connectivity index (χ0) is 12.7. The van der Waals surface area contributed by atoms with E-state index in [9.17, 15) is 4.79 Å². The summed E-state index contributed by atoms with van der Waals surface area (Å²) in [6.45, 7) is 4.28. The van der Waals surface area contributed by atoms with Crippen LogP contribution in [0, 0.1) is 0 Å². The molecule has 1 heterocycles. The Morgan fingerprint density at radius 1 is 1.71 bits per heavy atom. The number of esters is 1. The average molecular weight is 274 g/mol. The lowest BCUT2D eigenvalue weighted by atomic mass is 10.3. The van der Waals surface area contributed by atoms with Crippen molar-refractivity contribution in [3.05, 3.63) is 11.1 Å². The Morgan fingerprint density at radius 2 is 2.47 bits per heavy atom. The molecule has 0 spiro atoms. The van der Waals surface area contributed by atoms with E-state index in [1.54, 1.807) is 6.20 Å². The molecule has 96 valence electrons. The first-order valence-corrected chi connectivity index (χ1v) is 7.53. The summed E-state index contributed by atoms with van der Waals surface area (Å²) in [7, 11) is 1.37. The van der Waals surface area contributed by atoms with Crippen LogP contribution in [0.4, 0.5) is 5.13 Å². The molecule has 0 radical (unpaired) electrons. The van der Waals surface area contributed by atoms with E-state index in [1.807, 2.05) is 11.8 Å². The number of carbonyl (C=O) groups is 1. The molecule has 1 atom stereocenters. The molecule has 0 bridgehead atoms. The lowest BCUT2D eigenvalue weighted by Gasteiger charge is -2.11. The van der Waals surface area contributed by atoms with Crippen LogP contribution in [-0.2, 0) is 4.74 Å². The van der Waals surface area contributed by atoms with Crippen LogP contribution in [0.15, 0.2) is 6.20 Å². The first-order valence-electron chi connectivity index (χ1n) is 5.55. The van der Waals surface area contributed by atoms with Gasteiger partial charge in [-0.2, -0.15) is 11.8 Å².